The molecule has 2 aromatic rings. The maximum atomic E-state index is 12.2. The highest BCUT2D eigenvalue weighted by atomic mass is 16.6. The molecule has 1 atom stereocenters. The number of aromatic nitrogens is 2. The summed E-state index contributed by atoms with van der Waals surface area (Å²) in [5, 5.41) is 5.31. The lowest BCUT2D eigenvalue weighted by molar-refractivity contribution is -0.161. The first-order valence-corrected chi connectivity index (χ1v) is 6.62. The Morgan fingerprint density at radius 2 is 1.95 bits per heavy atom. The highest BCUT2D eigenvalue weighted by molar-refractivity contribution is 5.81. The van der Waals surface area contributed by atoms with Gasteiger partial charge in [0.2, 0.25) is 0 Å². The Kier molecular flexibility index (Phi) is 3.56. The fraction of sp³-hybridized carbons (Fsp3) is 0.467. The first kappa shape index (κ1) is 14.5. The standard InChI is InChI=1S/C15H21N3O2/c1-14(2,3)20-13(19)15(4,16)10-18-12-8-6-5-7-11(12)9-17-18/h5-9H,10,16H2,1-4H3. The van der Waals surface area contributed by atoms with Crippen LogP contribution in [0, 0.1) is 0 Å². The van der Waals surface area contributed by atoms with Crippen LogP contribution in [0.25, 0.3) is 10.9 Å². The van der Waals surface area contributed by atoms with Crippen LogP contribution in [0.4, 0.5) is 0 Å². The molecule has 0 aliphatic carbocycles. The van der Waals surface area contributed by atoms with Gasteiger partial charge in [0, 0.05) is 5.39 Å². The number of hydrogen-bond donors (Lipinski definition) is 1. The zero-order chi connectivity index (χ0) is 15.0. The zero-order valence-electron chi connectivity index (χ0n) is 12.4. The molecular weight excluding hydrogens is 254 g/mol. The van der Waals surface area contributed by atoms with Gasteiger partial charge in [0.05, 0.1) is 18.3 Å². The summed E-state index contributed by atoms with van der Waals surface area (Å²) >= 11 is 0. The highest BCUT2D eigenvalue weighted by Gasteiger charge is 2.34. The van der Waals surface area contributed by atoms with Crippen molar-refractivity contribution in [2.45, 2.75) is 45.4 Å². The number of ether oxygens (including phenoxy) is 1. The summed E-state index contributed by atoms with van der Waals surface area (Å²) in [5.74, 6) is -0.426. The van der Waals surface area contributed by atoms with Crippen molar-refractivity contribution in [2.75, 3.05) is 0 Å². The molecule has 5 nitrogen and oxygen atoms in total. The van der Waals surface area contributed by atoms with E-state index in [0.717, 1.165) is 10.9 Å². The molecular formula is C15H21N3O2. The smallest absolute Gasteiger partial charge is 0.328 e. The predicted molar refractivity (Wildman–Crippen MR) is 78.2 cm³/mol. The molecule has 0 aliphatic heterocycles. The lowest BCUT2D eigenvalue weighted by Crippen LogP contribution is -2.51. The van der Waals surface area contributed by atoms with Gasteiger partial charge >= 0.3 is 5.97 Å². The third-order valence-corrected chi connectivity index (χ3v) is 2.89. The lowest BCUT2D eigenvalue weighted by atomic mass is 10.0. The van der Waals surface area contributed by atoms with Crippen LogP contribution in [-0.4, -0.2) is 26.9 Å². The van der Waals surface area contributed by atoms with Gasteiger partial charge in [-0.2, -0.15) is 5.10 Å². The molecule has 1 aromatic carbocycles. The molecule has 0 radical (unpaired) electrons. The van der Waals surface area contributed by atoms with E-state index in [1.165, 1.54) is 0 Å². The molecule has 0 bridgehead atoms. The van der Waals surface area contributed by atoms with Gasteiger partial charge in [-0.05, 0) is 33.8 Å². The quantitative estimate of drug-likeness (QED) is 0.871. The van der Waals surface area contributed by atoms with Crippen LogP contribution in [0.5, 0.6) is 0 Å². The maximum absolute atomic E-state index is 12.2. The summed E-state index contributed by atoms with van der Waals surface area (Å²) in [4.78, 5) is 12.2. The predicted octanol–water partition coefficient (Wildman–Crippen LogP) is 2.10. The molecule has 0 saturated carbocycles. The Morgan fingerprint density at radius 3 is 2.60 bits per heavy atom. The molecule has 108 valence electrons. The summed E-state index contributed by atoms with van der Waals surface area (Å²) in [7, 11) is 0. The number of carbonyl (C=O) groups is 1. The van der Waals surface area contributed by atoms with Gasteiger partial charge in [0.15, 0.2) is 0 Å². The molecule has 5 heteroatoms. The molecule has 1 aromatic heterocycles. The van der Waals surface area contributed by atoms with Crippen molar-refractivity contribution in [3.05, 3.63) is 30.5 Å². The van der Waals surface area contributed by atoms with Crippen LogP contribution >= 0.6 is 0 Å². The number of fused-ring (bicyclic) bond motifs is 1. The summed E-state index contributed by atoms with van der Waals surface area (Å²) in [6.45, 7) is 7.41. The average molecular weight is 275 g/mol. The van der Waals surface area contributed by atoms with Crippen LogP contribution in [0.1, 0.15) is 27.7 Å². The summed E-state index contributed by atoms with van der Waals surface area (Å²) in [6, 6.07) is 7.80. The third kappa shape index (κ3) is 3.17. The molecule has 0 spiro atoms. The number of para-hydroxylation sites is 1. The van der Waals surface area contributed by atoms with Crippen molar-refractivity contribution in [3.8, 4) is 0 Å². The first-order chi connectivity index (χ1) is 9.19. The molecule has 0 fully saturated rings. The van der Waals surface area contributed by atoms with Crippen LogP contribution < -0.4 is 5.73 Å². The molecule has 20 heavy (non-hydrogen) atoms. The Bertz CT molecular complexity index is 623. The van der Waals surface area contributed by atoms with E-state index in [1.54, 1.807) is 17.8 Å². The molecule has 1 unspecified atom stereocenters. The second-order valence-corrected chi connectivity index (χ2v) is 6.28. The van der Waals surface area contributed by atoms with E-state index in [-0.39, 0.29) is 6.54 Å². The van der Waals surface area contributed by atoms with Crippen LogP contribution in [0.2, 0.25) is 0 Å². The Labute approximate surface area is 118 Å². The fourth-order valence-corrected chi connectivity index (χ4v) is 1.92. The van der Waals surface area contributed by atoms with Crippen molar-refractivity contribution in [3.63, 3.8) is 0 Å². The van der Waals surface area contributed by atoms with Crippen molar-refractivity contribution < 1.29 is 9.53 Å². The first-order valence-electron chi connectivity index (χ1n) is 6.62. The van der Waals surface area contributed by atoms with Gasteiger partial charge < -0.3 is 10.5 Å². The van der Waals surface area contributed by atoms with Crippen LogP contribution in [-0.2, 0) is 16.1 Å². The largest absolute Gasteiger partial charge is 0.459 e. The number of carbonyl (C=O) groups excluding carboxylic acids is 1. The second-order valence-electron chi connectivity index (χ2n) is 6.28. The number of rotatable bonds is 3. The van der Waals surface area contributed by atoms with E-state index in [1.807, 2.05) is 45.0 Å². The number of nitrogens with two attached hydrogens (primary N) is 1. The van der Waals surface area contributed by atoms with E-state index in [9.17, 15) is 4.79 Å². The Morgan fingerprint density at radius 1 is 1.30 bits per heavy atom. The number of esters is 1. The normalized spacial score (nSPS) is 15.1. The third-order valence-electron chi connectivity index (χ3n) is 2.89. The van der Waals surface area contributed by atoms with Gasteiger partial charge in [0.1, 0.15) is 11.1 Å². The minimum absolute atomic E-state index is 0.273. The van der Waals surface area contributed by atoms with E-state index in [4.69, 9.17) is 10.5 Å². The minimum Gasteiger partial charge on any atom is -0.459 e. The number of benzene rings is 1. The molecule has 1 heterocycles. The maximum Gasteiger partial charge on any atom is 0.328 e. The molecule has 2 N–H and O–H groups in total. The molecule has 0 aliphatic rings. The molecule has 0 saturated heterocycles. The topological polar surface area (TPSA) is 70.1 Å². The summed E-state index contributed by atoms with van der Waals surface area (Å²) in [5.41, 5.74) is 5.39. The van der Waals surface area contributed by atoms with E-state index >= 15 is 0 Å². The van der Waals surface area contributed by atoms with Crippen molar-refractivity contribution in [1.82, 2.24) is 9.78 Å². The summed E-state index contributed by atoms with van der Waals surface area (Å²) < 4.78 is 7.09. The van der Waals surface area contributed by atoms with Crippen molar-refractivity contribution in [2.24, 2.45) is 5.73 Å². The van der Waals surface area contributed by atoms with E-state index in [0.29, 0.717) is 0 Å². The minimum atomic E-state index is -1.12. The fourth-order valence-electron chi connectivity index (χ4n) is 1.92. The van der Waals surface area contributed by atoms with E-state index in [2.05, 4.69) is 5.10 Å². The summed E-state index contributed by atoms with van der Waals surface area (Å²) in [6.07, 6.45) is 1.76. The number of nitrogens with zero attached hydrogens (tertiary/aromatic N) is 2. The van der Waals surface area contributed by atoms with Crippen molar-refractivity contribution >= 4 is 16.9 Å². The van der Waals surface area contributed by atoms with Gasteiger partial charge in [-0.25, -0.2) is 4.79 Å². The van der Waals surface area contributed by atoms with Crippen LogP contribution in [0.3, 0.4) is 0 Å². The monoisotopic (exact) mass is 275 g/mol. The zero-order valence-corrected chi connectivity index (χ0v) is 12.4. The Balaban J connectivity index is 2.21. The van der Waals surface area contributed by atoms with Crippen LogP contribution in [0.15, 0.2) is 30.5 Å². The lowest BCUT2D eigenvalue weighted by Gasteiger charge is -2.28. The van der Waals surface area contributed by atoms with Gasteiger partial charge in [0.25, 0.3) is 0 Å². The average Bonchev–Trinajstić information content (AvgIpc) is 2.70. The highest BCUT2D eigenvalue weighted by Crippen LogP contribution is 2.18. The number of hydrogen-bond acceptors (Lipinski definition) is 4. The van der Waals surface area contributed by atoms with Gasteiger partial charge in [-0.3, -0.25) is 4.68 Å². The van der Waals surface area contributed by atoms with E-state index < -0.39 is 17.1 Å². The Hall–Kier alpha value is -1.88. The second kappa shape index (κ2) is 4.90. The van der Waals surface area contributed by atoms with Gasteiger partial charge in [-0.15, -0.1) is 0 Å². The van der Waals surface area contributed by atoms with Gasteiger partial charge in [-0.1, -0.05) is 18.2 Å². The SMILES string of the molecule is CC(C)(C)OC(=O)C(C)(N)Cn1ncc2ccccc21. The molecule has 0 amide bonds. The van der Waals surface area contributed by atoms with Crippen molar-refractivity contribution in [1.29, 1.82) is 0 Å². The molecule has 2 rings (SSSR count).